The van der Waals surface area contributed by atoms with Crippen molar-refractivity contribution < 1.29 is 13.9 Å². The molecule has 2 aromatic heterocycles. The Hall–Kier alpha value is -1.75. The fraction of sp³-hybridized carbons (Fsp3) is 0.200. The molecular formula is C10H9ClN2O3. The molecule has 0 saturated carbocycles. The first-order valence-corrected chi connectivity index (χ1v) is 4.89. The number of pyridine rings is 1. The summed E-state index contributed by atoms with van der Waals surface area (Å²) in [6, 6.07) is 1.62. The van der Waals surface area contributed by atoms with Gasteiger partial charge in [0.25, 0.3) is 0 Å². The minimum atomic E-state index is -0.545. The topological polar surface area (TPSA) is 64.4 Å². The summed E-state index contributed by atoms with van der Waals surface area (Å²) in [5.74, 6) is -0.430. The van der Waals surface area contributed by atoms with E-state index in [1.807, 2.05) is 0 Å². The molecular weight excluding hydrogens is 232 g/mol. The van der Waals surface area contributed by atoms with Crippen LogP contribution >= 0.6 is 11.6 Å². The molecule has 0 unspecified atom stereocenters. The quantitative estimate of drug-likeness (QED) is 0.645. The van der Waals surface area contributed by atoms with Crippen molar-refractivity contribution >= 4 is 34.2 Å². The van der Waals surface area contributed by atoms with Crippen LogP contribution < -0.4 is 5.32 Å². The monoisotopic (exact) mass is 240 g/mol. The number of methoxy groups -OCH3 is 1. The number of nitrogens with one attached hydrogen (secondary N) is 1. The van der Waals surface area contributed by atoms with Gasteiger partial charge in [0.05, 0.1) is 19.0 Å². The van der Waals surface area contributed by atoms with Gasteiger partial charge in [-0.15, -0.1) is 0 Å². The zero-order valence-electron chi connectivity index (χ0n) is 8.70. The number of furan rings is 1. The molecule has 6 heteroatoms. The summed E-state index contributed by atoms with van der Waals surface area (Å²) in [5, 5.41) is 3.91. The van der Waals surface area contributed by atoms with E-state index in [-0.39, 0.29) is 5.76 Å². The molecule has 0 saturated heterocycles. The van der Waals surface area contributed by atoms with Crippen LogP contribution in [-0.2, 0) is 4.74 Å². The van der Waals surface area contributed by atoms with Crippen molar-refractivity contribution in [2.24, 2.45) is 0 Å². The summed E-state index contributed by atoms with van der Waals surface area (Å²) in [6.07, 6.45) is 1.46. The van der Waals surface area contributed by atoms with E-state index < -0.39 is 5.97 Å². The molecule has 2 heterocycles. The van der Waals surface area contributed by atoms with E-state index in [1.165, 1.54) is 13.3 Å². The van der Waals surface area contributed by atoms with Gasteiger partial charge in [-0.1, -0.05) is 11.6 Å². The average Bonchev–Trinajstić information content (AvgIpc) is 2.65. The second-order valence-corrected chi connectivity index (χ2v) is 3.44. The van der Waals surface area contributed by atoms with E-state index in [0.29, 0.717) is 21.8 Å². The lowest BCUT2D eigenvalue weighted by Crippen LogP contribution is -2.02. The molecule has 0 aliphatic rings. The van der Waals surface area contributed by atoms with Gasteiger partial charge in [-0.3, -0.25) is 0 Å². The lowest BCUT2D eigenvalue weighted by molar-refractivity contribution is 0.0569. The van der Waals surface area contributed by atoms with Gasteiger partial charge in [0.15, 0.2) is 5.58 Å². The van der Waals surface area contributed by atoms with Crippen LogP contribution in [0.4, 0.5) is 5.69 Å². The number of hydrogen-bond acceptors (Lipinski definition) is 5. The lowest BCUT2D eigenvalue weighted by Gasteiger charge is -1.99. The van der Waals surface area contributed by atoms with Crippen LogP contribution in [0.15, 0.2) is 16.7 Å². The SMILES string of the molecule is CNc1c(C(=O)OC)oc2cnc(Cl)cc12. The first-order valence-electron chi connectivity index (χ1n) is 4.51. The van der Waals surface area contributed by atoms with Gasteiger partial charge in [-0.05, 0) is 6.07 Å². The molecule has 0 fully saturated rings. The highest BCUT2D eigenvalue weighted by atomic mass is 35.5. The van der Waals surface area contributed by atoms with Crippen LogP contribution in [0.2, 0.25) is 5.15 Å². The van der Waals surface area contributed by atoms with Crippen molar-refractivity contribution in [1.82, 2.24) is 4.98 Å². The highest BCUT2D eigenvalue weighted by Crippen LogP contribution is 2.31. The van der Waals surface area contributed by atoms with E-state index in [1.54, 1.807) is 13.1 Å². The van der Waals surface area contributed by atoms with Crippen molar-refractivity contribution in [1.29, 1.82) is 0 Å². The minimum absolute atomic E-state index is 0.115. The van der Waals surface area contributed by atoms with Gasteiger partial charge in [0.2, 0.25) is 5.76 Å². The Kier molecular flexibility index (Phi) is 2.70. The second kappa shape index (κ2) is 4.02. The van der Waals surface area contributed by atoms with Crippen molar-refractivity contribution in [3.63, 3.8) is 0 Å². The Labute approximate surface area is 96.4 Å². The van der Waals surface area contributed by atoms with Crippen LogP contribution in [0, 0.1) is 0 Å². The molecule has 0 amide bonds. The van der Waals surface area contributed by atoms with Crippen LogP contribution in [0.25, 0.3) is 11.0 Å². The lowest BCUT2D eigenvalue weighted by atomic mass is 10.2. The third-order valence-electron chi connectivity index (χ3n) is 2.16. The minimum Gasteiger partial charge on any atom is -0.463 e. The molecule has 0 atom stereocenters. The first-order chi connectivity index (χ1) is 7.67. The van der Waals surface area contributed by atoms with Gasteiger partial charge in [-0.2, -0.15) is 0 Å². The van der Waals surface area contributed by atoms with Crippen LogP contribution in [0.5, 0.6) is 0 Å². The molecule has 2 aromatic rings. The smallest absolute Gasteiger partial charge is 0.376 e. The molecule has 1 N–H and O–H groups in total. The summed E-state index contributed by atoms with van der Waals surface area (Å²) in [6.45, 7) is 0. The number of anilines is 1. The van der Waals surface area contributed by atoms with Gasteiger partial charge in [-0.25, -0.2) is 9.78 Å². The normalized spacial score (nSPS) is 10.4. The molecule has 0 bridgehead atoms. The average molecular weight is 241 g/mol. The Morgan fingerprint density at radius 3 is 3.00 bits per heavy atom. The number of aromatic nitrogens is 1. The van der Waals surface area contributed by atoms with Crippen LogP contribution in [-0.4, -0.2) is 25.1 Å². The summed E-state index contributed by atoms with van der Waals surface area (Å²) < 4.78 is 9.95. The zero-order valence-corrected chi connectivity index (χ0v) is 9.46. The summed E-state index contributed by atoms with van der Waals surface area (Å²) in [7, 11) is 2.98. The van der Waals surface area contributed by atoms with Crippen molar-refractivity contribution in [2.45, 2.75) is 0 Å². The van der Waals surface area contributed by atoms with E-state index in [2.05, 4.69) is 15.0 Å². The predicted octanol–water partition coefficient (Wildman–Crippen LogP) is 2.31. The summed E-state index contributed by atoms with van der Waals surface area (Å²) in [4.78, 5) is 15.3. The van der Waals surface area contributed by atoms with Gasteiger partial charge >= 0.3 is 5.97 Å². The highest BCUT2D eigenvalue weighted by molar-refractivity contribution is 6.30. The number of fused-ring (bicyclic) bond motifs is 1. The number of hydrogen-bond donors (Lipinski definition) is 1. The number of halogens is 1. The second-order valence-electron chi connectivity index (χ2n) is 3.05. The fourth-order valence-corrected chi connectivity index (χ4v) is 1.62. The highest BCUT2D eigenvalue weighted by Gasteiger charge is 2.20. The molecule has 16 heavy (non-hydrogen) atoms. The Balaban J connectivity index is 2.71. The van der Waals surface area contributed by atoms with E-state index in [4.69, 9.17) is 16.0 Å². The molecule has 84 valence electrons. The molecule has 5 nitrogen and oxygen atoms in total. The van der Waals surface area contributed by atoms with E-state index in [9.17, 15) is 4.79 Å². The molecule has 0 aliphatic heterocycles. The maximum absolute atomic E-state index is 11.4. The van der Waals surface area contributed by atoms with Gasteiger partial charge < -0.3 is 14.5 Å². The van der Waals surface area contributed by atoms with Crippen LogP contribution in [0.3, 0.4) is 0 Å². The molecule has 2 rings (SSSR count). The third kappa shape index (κ3) is 1.59. The predicted molar refractivity (Wildman–Crippen MR) is 59.9 cm³/mol. The number of carbonyl (C=O) groups is 1. The summed E-state index contributed by atoms with van der Waals surface area (Å²) >= 11 is 5.77. The Morgan fingerprint density at radius 1 is 1.62 bits per heavy atom. The van der Waals surface area contributed by atoms with E-state index in [0.717, 1.165) is 0 Å². The van der Waals surface area contributed by atoms with E-state index >= 15 is 0 Å². The van der Waals surface area contributed by atoms with Crippen molar-refractivity contribution in [2.75, 3.05) is 19.5 Å². The molecule has 0 radical (unpaired) electrons. The largest absolute Gasteiger partial charge is 0.463 e. The van der Waals surface area contributed by atoms with Gasteiger partial charge in [0.1, 0.15) is 5.15 Å². The Morgan fingerprint density at radius 2 is 2.38 bits per heavy atom. The maximum Gasteiger partial charge on any atom is 0.376 e. The third-order valence-corrected chi connectivity index (χ3v) is 2.37. The molecule has 0 aliphatic carbocycles. The maximum atomic E-state index is 11.4. The van der Waals surface area contributed by atoms with Crippen molar-refractivity contribution in [3.8, 4) is 0 Å². The van der Waals surface area contributed by atoms with Crippen LogP contribution in [0.1, 0.15) is 10.6 Å². The number of nitrogens with zero attached hydrogens (tertiary/aromatic N) is 1. The first kappa shape index (κ1) is 10.8. The fourth-order valence-electron chi connectivity index (χ4n) is 1.46. The van der Waals surface area contributed by atoms with Gasteiger partial charge in [0, 0.05) is 12.4 Å². The zero-order chi connectivity index (χ0) is 11.7. The van der Waals surface area contributed by atoms with Crippen molar-refractivity contribution in [3.05, 3.63) is 23.2 Å². The number of ether oxygens (including phenoxy) is 1. The number of carbonyl (C=O) groups excluding carboxylic acids is 1. The number of esters is 1. The molecule has 0 spiro atoms. The summed E-state index contributed by atoms with van der Waals surface area (Å²) in [5.41, 5.74) is 1.03. The standard InChI is InChI=1S/C10H9ClN2O3/c1-12-8-5-3-7(11)13-4-6(5)16-9(8)10(14)15-2/h3-4,12H,1-2H3. The molecule has 0 aromatic carbocycles. The Bertz CT molecular complexity index is 550. The number of rotatable bonds is 2.